The van der Waals surface area contributed by atoms with E-state index in [0.29, 0.717) is 13.0 Å². The third-order valence-corrected chi connectivity index (χ3v) is 3.49. The lowest BCUT2D eigenvalue weighted by Gasteiger charge is -2.19. The van der Waals surface area contributed by atoms with Crippen LogP contribution in [0.3, 0.4) is 0 Å². The minimum absolute atomic E-state index is 0.0585. The Balaban J connectivity index is 1.71. The predicted octanol–water partition coefficient (Wildman–Crippen LogP) is 3.49. The first kappa shape index (κ1) is 13.1. The zero-order valence-electron chi connectivity index (χ0n) is 10.5. The van der Waals surface area contributed by atoms with Crippen molar-refractivity contribution in [2.45, 2.75) is 38.5 Å². The van der Waals surface area contributed by atoms with Crippen molar-refractivity contribution in [2.24, 2.45) is 5.92 Å². The molecule has 18 heavy (non-hydrogen) atoms. The molecular formula is C15H19FO2. The van der Waals surface area contributed by atoms with E-state index in [2.05, 4.69) is 0 Å². The standard InChI is InChI=1S/C15H19FO2/c16-14-8-6-12(7-9-14)10-11-18-15(17)13-4-2-1-3-5-13/h6-9,13H,1-5,10-11H2. The summed E-state index contributed by atoms with van der Waals surface area (Å²) in [6, 6.07) is 6.31. The highest BCUT2D eigenvalue weighted by Crippen LogP contribution is 2.24. The number of benzene rings is 1. The average Bonchev–Trinajstić information content (AvgIpc) is 2.42. The third-order valence-electron chi connectivity index (χ3n) is 3.49. The minimum atomic E-state index is -0.238. The number of carbonyl (C=O) groups is 1. The molecule has 0 spiro atoms. The Labute approximate surface area is 107 Å². The van der Waals surface area contributed by atoms with E-state index in [9.17, 15) is 9.18 Å². The number of hydrogen-bond donors (Lipinski definition) is 0. The van der Waals surface area contributed by atoms with Crippen LogP contribution in [0.25, 0.3) is 0 Å². The van der Waals surface area contributed by atoms with Gasteiger partial charge >= 0.3 is 5.97 Å². The molecule has 0 radical (unpaired) electrons. The Morgan fingerprint density at radius 2 is 1.83 bits per heavy atom. The maximum absolute atomic E-state index is 12.7. The van der Waals surface area contributed by atoms with E-state index in [1.807, 2.05) is 0 Å². The average molecular weight is 250 g/mol. The molecule has 0 saturated heterocycles. The minimum Gasteiger partial charge on any atom is -0.465 e. The zero-order chi connectivity index (χ0) is 12.8. The van der Waals surface area contributed by atoms with Crippen molar-refractivity contribution in [1.82, 2.24) is 0 Å². The summed E-state index contributed by atoms with van der Waals surface area (Å²) in [6.45, 7) is 0.390. The fourth-order valence-corrected chi connectivity index (χ4v) is 2.38. The first-order valence-corrected chi connectivity index (χ1v) is 6.67. The summed E-state index contributed by atoms with van der Waals surface area (Å²) in [4.78, 5) is 11.8. The van der Waals surface area contributed by atoms with Crippen LogP contribution in [-0.4, -0.2) is 12.6 Å². The van der Waals surface area contributed by atoms with Crippen LogP contribution in [0.15, 0.2) is 24.3 Å². The first-order valence-electron chi connectivity index (χ1n) is 6.67. The van der Waals surface area contributed by atoms with Crippen molar-refractivity contribution in [3.05, 3.63) is 35.6 Å². The van der Waals surface area contributed by atoms with Crippen LogP contribution in [0, 0.1) is 11.7 Å². The number of carbonyl (C=O) groups excluding carboxylic acids is 1. The van der Waals surface area contributed by atoms with E-state index in [1.165, 1.54) is 18.6 Å². The number of ether oxygens (including phenoxy) is 1. The van der Waals surface area contributed by atoms with Crippen molar-refractivity contribution in [2.75, 3.05) is 6.61 Å². The fourth-order valence-electron chi connectivity index (χ4n) is 2.38. The lowest BCUT2D eigenvalue weighted by Crippen LogP contribution is -2.21. The highest BCUT2D eigenvalue weighted by Gasteiger charge is 2.22. The van der Waals surface area contributed by atoms with Crippen LogP contribution >= 0.6 is 0 Å². The van der Waals surface area contributed by atoms with Gasteiger partial charge in [0.05, 0.1) is 12.5 Å². The summed E-state index contributed by atoms with van der Waals surface area (Å²) >= 11 is 0. The summed E-state index contributed by atoms with van der Waals surface area (Å²) < 4.78 is 18.0. The summed E-state index contributed by atoms with van der Waals surface area (Å²) in [5.41, 5.74) is 0.993. The number of rotatable bonds is 4. The summed E-state index contributed by atoms with van der Waals surface area (Å²) in [5.74, 6) is -0.193. The monoisotopic (exact) mass is 250 g/mol. The van der Waals surface area contributed by atoms with Gasteiger partial charge in [0.2, 0.25) is 0 Å². The van der Waals surface area contributed by atoms with Crippen molar-refractivity contribution in [3.63, 3.8) is 0 Å². The second-order valence-corrected chi connectivity index (χ2v) is 4.88. The quantitative estimate of drug-likeness (QED) is 0.765. The molecule has 0 aromatic heterocycles. The second kappa shape index (κ2) is 6.53. The topological polar surface area (TPSA) is 26.3 Å². The molecule has 0 aliphatic heterocycles. The maximum Gasteiger partial charge on any atom is 0.308 e. The van der Waals surface area contributed by atoms with Crippen molar-refractivity contribution < 1.29 is 13.9 Å². The molecule has 0 bridgehead atoms. The van der Waals surface area contributed by atoms with Crippen LogP contribution in [0.5, 0.6) is 0 Å². The lowest BCUT2D eigenvalue weighted by atomic mass is 9.89. The van der Waals surface area contributed by atoms with Crippen molar-refractivity contribution in [1.29, 1.82) is 0 Å². The first-order chi connectivity index (χ1) is 8.75. The highest BCUT2D eigenvalue weighted by atomic mass is 19.1. The molecule has 0 N–H and O–H groups in total. The van der Waals surface area contributed by atoms with Gasteiger partial charge in [-0.15, -0.1) is 0 Å². The van der Waals surface area contributed by atoms with Crippen molar-refractivity contribution >= 4 is 5.97 Å². The van der Waals surface area contributed by atoms with Crippen molar-refractivity contribution in [3.8, 4) is 0 Å². The largest absolute Gasteiger partial charge is 0.465 e. The van der Waals surface area contributed by atoms with Gasteiger partial charge in [-0.25, -0.2) is 4.39 Å². The maximum atomic E-state index is 12.7. The number of esters is 1. The molecule has 1 aliphatic carbocycles. The molecule has 1 fully saturated rings. The normalized spacial score (nSPS) is 16.5. The van der Waals surface area contributed by atoms with E-state index < -0.39 is 0 Å². The SMILES string of the molecule is O=C(OCCc1ccc(F)cc1)C1CCCCC1. The summed E-state index contributed by atoms with van der Waals surface area (Å²) in [7, 11) is 0. The molecule has 2 rings (SSSR count). The molecule has 0 heterocycles. The molecule has 1 aliphatic rings. The molecule has 98 valence electrons. The van der Waals surface area contributed by atoms with E-state index in [-0.39, 0.29) is 17.7 Å². The fraction of sp³-hybridized carbons (Fsp3) is 0.533. The number of halogens is 1. The van der Waals surface area contributed by atoms with Gasteiger partial charge in [-0.05, 0) is 30.5 Å². The molecule has 2 nitrogen and oxygen atoms in total. The van der Waals surface area contributed by atoms with Gasteiger partial charge in [-0.3, -0.25) is 4.79 Å². The Morgan fingerprint density at radius 3 is 2.50 bits per heavy atom. The van der Waals surface area contributed by atoms with Gasteiger partial charge < -0.3 is 4.74 Å². The molecule has 1 saturated carbocycles. The smallest absolute Gasteiger partial charge is 0.308 e. The van der Waals surface area contributed by atoms with E-state index in [4.69, 9.17) is 4.74 Å². The second-order valence-electron chi connectivity index (χ2n) is 4.88. The molecule has 0 unspecified atom stereocenters. The Kier molecular flexibility index (Phi) is 4.73. The van der Waals surface area contributed by atoms with Crippen LogP contribution in [-0.2, 0) is 16.0 Å². The van der Waals surface area contributed by atoms with Gasteiger partial charge in [0.15, 0.2) is 0 Å². The Hall–Kier alpha value is -1.38. The van der Waals surface area contributed by atoms with Gasteiger partial charge in [0.1, 0.15) is 5.82 Å². The lowest BCUT2D eigenvalue weighted by molar-refractivity contribution is -0.149. The van der Waals surface area contributed by atoms with Crippen LogP contribution in [0.1, 0.15) is 37.7 Å². The molecule has 0 amide bonds. The number of hydrogen-bond acceptors (Lipinski definition) is 2. The van der Waals surface area contributed by atoms with Crippen LogP contribution in [0.4, 0.5) is 4.39 Å². The van der Waals surface area contributed by atoms with E-state index >= 15 is 0 Å². The Bertz CT molecular complexity index is 380. The third kappa shape index (κ3) is 3.83. The van der Waals surface area contributed by atoms with Gasteiger partial charge in [-0.1, -0.05) is 31.4 Å². The zero-order valence-corrected chi connectivity index (χ0v) is 10.5. The molecule has 0 atom stereocenters. The molecule has 1 aromatic rings. The molecular weight excluding hydrogens is 231 g/mol. The van der Waals surface area contributed by atoms with E-state index in [0.717, 1.165) is 31.2 Å². The van der Waals surface area contributed by atoms with Gasteiger partial charge in [0.25, 0.3) is 0 Å². The van der Waals surface area contributed by atoms with Gasteiger partial charge in [0, 0.05) is 6.42 Å². The summed E-state index contributed by atoms with van der Waals surface area (Å²) in [6.07, 6.45) is 6.10. The predicted molar refractivity (Wildman–Crippen MR) is 67.6 cm³/mol. The molecule has 1 aromatic carbocycles. The van der Waals surface area contributed by atoms with E-state index in [1.54, 1.807) is 12.1 Å². The molecule has 3 heteroatoms. The Morgan fingerprint density at radius 1 is 1.17 bits per heavy atom. The van der Waals surface area contributed by atoms with Crippen LogP contribution in [0.2, 0.25) is 0 Å². The van der Waals surface area contributed by atoms with Crippen LogP contribution < -0.4 is 0 Å². The summed E-state index contributed by atoms with van der Waals surface area (Å²) in [5, 5.41) is 0. The highest BCUT2D eigenvalue weighted by molar-refractivity contribution is 5.72. The van der Waals surface area contributed by atoms with Gasteiger partial charge in [-0.2, -0.15) is 0 Å².